The molecule has 0 aromatic rings. The van der Waals surface area contributed by atoms with E-state index in [1.54, 1.807) is 0 Å². The van der Waals surface area contributed by atoms with E-state index in [4.69, 9.17) is 0 Å². The molecule has 0 atom stereocenters. The highest BCUT2D eigenvalue weighted by Crippen LogP contribution is 2.10. The van der Waals surface area contributed by atoms with Gasteiger partial charge in [-0.05, 0) is 41.0 Å². The summed E-state index contributed by atoms with van der Waals surface area (Å²) < 4.78 is 4.35. The van der Waals surface area contributed by atoms with Crippen LogP contribution in [0, 0.1) is 0 Å². The Morgan fingerprint density at radius 3 is 2.69 bits per heavy atom. The largest absolute Gasteiger partial charge is 0.219 e. The Morgan fingerprint density at radius 2 is 2.15 bits per heavy atom. The Bertz CT molecular complexity index is 323. The second kappa shape index (κ2) is 4.63. The summed E-state index contributed by atoms with van der Waals surface area (Å²) in [7, 11) is 0. The Balaban J connectivity index is 2.69. The first-order valence-corrected chi connectivity index (χ1v) is 6.57. The number of aliphatic imine (C=N–C) groups is 2. The van der Waals surface area contributed by atoms with Crippen molar-refractivity contribution in [1.82, 2.24) is 0 Å². The standard InChI is InChI=1S/C10H13IN2/c1-10(2,3)13-8-12-9-4-6-11-7-5-9/h4-7H,1-3H3. The van der Waals surface area contributed by atoms with E-state index >= 15 is 0 Å². The monoisotopic (exact) mass is 288 g/mol. The van der Waals surface area contributed by atoms with Gasteiger partial charge in [-0.3, -0.25) is 0 Å². The molecule has 3 heteroatoms. The van der Waals surface area contributed by atoms with E-state index in [1.807, 2.05) is 32.9 Å². The van der Waals surface area contributed by atoms with Gasteiger partial charge in [0.1, 0.15) is 0 Å². The molecular formula is C10H13IN2. The third-order valence-corrected chi connectivity index (χ3v) is 2.73. The molecule has 0 fully saturated rings. The van der Waals surface area contributed by atoms with Crippen molar-refractivity contribution in [3.8, 4) is 0 Å². The molecule has 0 unspecified atom stereocenters. The molecule has 70 valence electrons. The first-order valence-electron chi connectivity index (χ1n) is 4.07. The molecule has 0 saturated heterocycles. The predicted octanol–water partition coefficient (Wildman–Crippen LogP) is 3.14. The van der Waals surface area contributed by atoms with E-state index in [-0.39, 0.29) is 26.3 Å². The second-order valence-corrected chi connectivity index (χ2v) is 5.79. The molecule has 0 aliphatic carbocycles. The van der Waals surface area contributed by atoms with Crippen molar-refractivity contribution in [2.45, 2.75) is 26.3 Å². The second-order valence-electron chi connectivity index (χ2n) is 3.63. The third kappa shape index (κ3) is 4.90. The molecule has 0 aromatic carbocycles. The summed E-state index contributed by atoms with van der Waals surface area (Å²) in [5.74, 6) is 0. The van der Waals surface area contributed by atoms with Crippen molar-refractivity contribution in [2.24, 2.45) is 9.98 Å². The molecule has 0 spiro atoms. The van der Waals surface area contributed by atoms with E-state index in [1.165, 1.54) is 0 Å². The van der Waals surface area contributed by atoms with E-state index in [9.17, 15) is 0 Å². The molecule has 0 amide bonds. The highest BCUT2D eigenvalue weighted by molar-refractivity contribution is 14.2. The zero-order valence-corrected chi connectivity index (χ0v) is 10.2. The van der Waals surface area contributed by atoms with Gasteiger partial charge in [0, 0.05) is 0 Å². The maximum Gasteiger partial charge on any atom is 0.0954 e. The lowest BCUT2D eigenvalue weighted by Gasteiger charge is -2.06. The van der Waals surface area contributed by atoms with Crippen LogP contribution >= 0.6 is 20.7 Å². The minimum absolute atomic E-state index is 0.0842. The van der Waals surface area contributed by atoms with Crippen molar-refractivity contribution in [3.63, 3.8) is 0 Å². The maximum absolute atomic E-state index is 4.15. The van der Waals surface area contributed by atoms with Crippen molar-refractivity contribution in [3.05, 3.63) is 21.9 Å². The van der Waals surface area contributed by atoms with Gasteiger partial charge >= 0.3 is 0 Å². The van der Waals surface area contributed by atoms with Crippen LogP contribution in [0.2, 0.25) is 0 Å². The highest BCUT2D eigenvalue weighted by atomic mass is 127. The molecule has 0 bridgehead atoms. The van der Waals surface area contributed by atoms with Crippen LogP contribution in [0.4, 0.5) is 0 Å². The number of halogens is 1. The molecule has 0 radical (unpaired) electrons. The number of hydrogen-bond acceptors (Lipinski definition) is 2. The molecular weight excluding hydrogens is 275 g/mol. The number of allylic oxidation sites excluding steroid dienone is 2. The van der Waals surface area contributed by atoms with Gasteiger partial charge in [0.25, 0.3) is 0 Å². The molecule has 0 saturated carbocycles. The first-order chi connectivity index (χ1) is 6.08. The van der Waals surface area contributed by atoms with Gasteiger partial charge in [-0.2, -0.15) is 4.99 Å². The minimum Gasteiger partial charge on any atom is -0.219 e. The fourth-order valence-electron chi connectivity index (χ4n) is 0.607. The van der Waals surface area contributed by atoms with Crippen molar-refractivity contribution in [2.75, 3.05) is 0 Å². The van der Waals surface area contributed by atoms with Crippen LogP contribution in [0.1, 0.15) is 20.8 Å². The summed E-state index contributed by atoms with van der Waals surface area (Å²) in [5.41, 5.74) is 0.859. The van der Waals surface area contributed by atoms with Gasteiger partial charge in [0.2, 0.25) is 0 Å². The normalized spacial score (nSPS) is 15.5. The Kier molecular flexibility index (Phi) is 3.75. The highest BCUT2D eigenvalue weighted by Gasteiger charge is 2.04. The summed E-state index contributed by atoms with van der Waals surface area (Å²) in [6, 6.07) is 2.72. The van der Waals surface area contributed by atoms with E-state index in [0.717, 1.165) is 5.70 Å². The third-order valence-electron chi connectivity index (χ3n) is 1.18. The number of rotatable bonds is 1. The molecule has 13 heavy (non-hydrogen) atoms. The van der Waals surface area contributed by atoms with Gasteiger partial charge < -0.3 is 0 Å². The maximum atomic E-state index is 4.15. The summed E-state index contributed by atoms with van der Waals surface area (Å²) in [6.45, 7) is 6.08. The fraction of sp³-hybridized carbons (Fsp3) is 0.400. The number of hydrogen-bond donors (Lipinski definition) is 0. The Labute approximate surface area is 88.9 Å². The lowest BCUT2D eigenvalue weighted by atomic mass is 10.1. The Morgan fingerprint density at radius 1 is 1.38 bits per heavy atom. The molecule has 1 aliphatic rings. The van der Waals surface area contributed by atoms with Gasteiger partial charge in [-0.25, -0.2) is 4.99 Å². The van der Waals surface area contributed by atoms with Gasteiger partial charge in [-0.1, -0.05) is 20.7 Å². The lowest BCUT2D eigenvalue weighted by Crippen LogP contribution is -2.08. The predicted molar refractivity (Wildman–Crippen MR) is 66.9 cm³/mol. The zero-order valence-electron chi connectivity index (χ0n) is 8.08. The van der Waals surface area contributed by atoms with Gasteiger partial charge in [0.15, 0.2) is 0 Å². The van der Waals surface area contributed by atoms with Crippen LogP contribution in [0.5, 0.6) is 0 Å². The summed E-state index contributed by atoms with van der Waals surface area (Å²) in [4.78, 5) is 8.27. The molecule has 0 aromatic heterocycles. The zero-order chi connectivity index (χ0) is 9.73. The van der Waals surface area contributed by atoms with Gasteiger partial charge in [0.05, 0.1) is 17.2 Å². The minimum atomic E-state index is -0.0842. The molecule has 1 aliphatic heterocycles. The summed E-state index contributed by atoms with van der Waals surface area (Å²) in [5, 5.41) is 0. The Hall–Kier alpha value is -0.540. The van der Waals surface area contributed by atoms with Crippen LogP contribution in [0.3, 0.4) is 0 Å². The van der Waals surface area contributed by atoms with Crippen molar-refractivity contribution >= 4 is 30.8 Å². The summed E-state index contributed by atoms with van der Waals surface area (Å²) >= 11 is 0.148. The summed E-state index contributed by atoms with van der Waals surface area (Å²) in [6.07, 6.45) is 4.05. The smallest absolute Gasteiger partial charge is 0.0954 e. The van der Waals surface area contributed by atoms with Crippen LogP contribution < -0.4 is 0 Å². The van der Waals surface area contributed by atoms with Crippen LogP contribution in [-0.2, 0) is 0 Å². The van der Waals surface area contributed by atoms with Crippen molar-refractivity contribution in [1.29, 1.82) is 0 Å². The average molecular weight is 288 g/mol. The molecule has 1 rings (SSSR count). The molecule has 2 nitrogen and oxygen atoms in total. The van der Waals surface area contributed by atoms with Crippen molar-refractivity contribution < 1.29 is 0 Å². The molecule has 0 N–H and O–H groups in total. The topological polar surface area (TPSA) is 24.7 Å². The quantitative estimate of drug-likeness (QED) is 0.523. The van der Waals surface area contributed by atoms with E-state index in [0.29, 0.717) is 0 Å². The first kappa shape index (κ1) is 10.5. The van der Waals surface area contributed by atoms with Gasteiger partial charge in [-0.15, -0.1) is 0 Å². The fourth-order valence-corrected chi connectivity index (χ4v) is 2.00. The SMILES string of the molecule is CC(C)(C)N=C=NC1=CC=IC=C1. The van der Waals surface area contributed by atoms with E-state index < -0.39 is 0 Å². The molecule has 1 heterocycles. The average Bonchev–Trinajstić information content (AvgIpc) is 2.04. The number of nitrogens with zero attached hydrogens (tertiary/aromatic N) is 2. The van der Waals surface area contributed by atoms with Crippen LogP contribution in [0.15, 0.2) is 31.9 Å². The van der Waals surface area contributed by atoms with Crippen LogP contribution in [-0.4, -0.2) is 15.6 Å². The van der Waals surface area contributed by atoms with Crippen LogP contribution in [0.25, 0.3) is 0 Å². The van der Waals surface area contributed by atoms with E-state index in [2.05, 4.69) is 24.1 Å². The lowest BCUT2D eigenvalue weighted by molar-refractivity contribution is 0.587.